The molecule has 0 aliphatic rings. The first-order valence-corrected chi connectivity index (χ1v) is 8.71. The zero-order chi connectivity index (χ0) is 17.8. The number of Topliss-reactive ketones (excluding diaryl/α,β-unsaturated/α-hetero) is 1. The molecule has 0 N–H and O–H groups in total. The predicted molar refractivity (Wildman–Crippen MR) is 97.1 cm³/mol. The Labute approximate surface area is 150 Å². The summed E-state index contributed by atoms with van der Waals surface area (Å²) < 4.78 is 10.8. The lowest BCUT2D eigenvalue weighted by molar-refractivity contribution is 0.0993. The number of ketones is 1. The topological polar surface area (TPSA) is 65.2 Å². The molecule has 25 heavy (non-hydrogen) atoms. The van der Waals surface area contributed by atoms with Crippen LogP contribution in [0.1, 0.15) is 22.8 Å². The molecular formula is C19H18N2O3S. The van der Waals surface area contributed by atoms with Crippen LogP contribution >= 0.6 is 11.8 Å². The van der Waals surface area contributed by atoms with Gasteiger partial charge in [0.1, 0.15) is 5.75 Å². The van der Waals surface area contributed by atoms with Gasteiger partial charge in [0.25, 0.3) is 5.22 Å². The van der Waals surface area contributed by atoms with E-state index in [0.29, 0.717) is 16.7 Å². The maximum absolute atomic E-state index is 12.5. The molecule has 1 unspecified atom stereocenters. The molecule has 3 aromatic rings. The molecule has 1 atom stereocenters. The van der Waals surface area contributed by atoms with Gasteiger partial charge in [0.15, 0.2) is 5.78 Å². The Morgan fingerprint density at radius 1 is 1.12 bits per heavy atom. The average molecular weight is 354 g/mol. The van der Waals surface area contributed by atoms with Crippen LogP contribution in [0, 0.1) is 6.92 Å². The van der Waals surface area contributed by atoms with Crippen molar-refractivity contribution in [3.8, 4) is 17.2 Å². The van der Waals surface area contributed by atoms with E-state index in [2.05, 4.69) is 10.2 Å². The van der Waals surface area contributed by atoms with E-state index >= 15 is 0 Å². The molecule has 2 aromatic carbocycles. The third-order valence-electron chi connectivity index (χ3n) is 3.80. The molecule has 0 amide bonds. The molecule has 6 heteroatoms. The first-order chi connectivity index (χ1) is 12.1. The minimum absolute atomic E-state index is 0.00305. The van der Waals surface area contributed by atoms with Crippen LogP contribution in [0.15, 0.2) is 58.2 Å². The van der Waals surface area contributed by atoms with Crippen molar-refractivity contribution < 1.29 is 13.9 Å². The van der Waals surface area contributed by atoms with Crippen LogP contribution in [0.3, 0.4) is 0 Å². The van der Waals surface area contributed by atoms with E-state index in [1.807, 2.05) is 38.1 Å². The number of methoxy groups -OCH3 is 1. The number of ether oxygens (including phenoxy) is 1. The van der Waals surface area contributed by atoms with E-state index in [-0.39, 0.29) is 11.0 Å². The monoisotopic (exact) mass is 354 g/mol. The van der Waals surface area contributed by atoms with E-state index in [0.717, 1.165) is 16.9 Å². The van der Waals surface area contributed by atoms with Gasteiger partial charge in [-0.1, -0.05) is 30.0 Å². The highest BCUT2D eigenvalue weighted by molar-refractivity contribution is 8.00. The zero-order valence-corrected chi connectivity index (χ0v) is 15.0. The highest BCUT2D eigenvalue weighted by Crippen LogP contribution is 2.29. The molecule has 0 spiro atoms. The highest BCUT2D eigenvalue weighted by atomic mass is 32.2. The maximum atomic E-state index is 12.5. The van der Waals surface area contributed by atoms with Crippen LogP contribution in [-0.4, -0.2) is 28.3 Å². The highest BCUT2D eigenvalue weighted by Gasteiger charge is 2.20. The van der Waals surface area contributed by atoms with E-state index in [4.69, 9.17) is 9.15 Å². The van der Waals surface area contributed by atoms with Gasteiger partial charge in [0.05, 0.1) is 12.4 Å². The molecule has 1 aromatic heterocycles. The smallest absolute Gasteiger partial charge is 0.277 e. The van der Waals surface area contributed by atoms with Gasteiger partial charge in [0, 0.05) is 11.1 Å². The molecule has 0 aliphatic carbocycles. The van der Waals surface area contributed by atoms with Crippen molar-refractivity contribution in [2.24, 2.45) is 0 Å². The van der Waals surface area contributed by atoms with Gasteiger partial charge in [-0.2, -0.15) is 0 Å². The van der Waals surface area contributed by atoms with E-state index < -0.39 is 0 Å². The first-order valence-electron chi connectivity index (χ1n) is 7.83. The summed E-state index contributed by atoms with van der Waals surface area (Å²) in [5, 5.41) is 8.19. The lowest BCUT2D eigenvalue weighted by Gasteiger charge is -2.08. The third-order valence-corrected chi connectivity index (χ3v) is 4.74. The van der Waals surface area contributed by atoms with Gasteiger partial charge in [-0.15, -0.1) is 10.2 Å². The van der Waals surface area contributed by atoms with Gasteiger partial charge < -0.3 is 9.15 Å². The summed E-state index contributed by atoms with van der Waals surface area (Å²) in [5.74, 6) is 1.18. The number of nitrogens with zero attached hydrogens (tertiary/aromatic N) is 2. The van der Waals surface area contributed by atoms with Crippen molar-refractivity contribution in [1.82, 2.24) is 10.2 Å². The summed E-state index contributed by atoms with van der Waals surface area (Å²) in [6.45, 7) is 3.82. The number of hydrogen-bond donors (Lipinski definition) is 0. The quantitative estimate of drug-likeness (QED) is 0.482. The summed E-state index contributed by atoms with van der Waals surface area (Å²) in [6.07, 6.45) is 0. The fraction of sp³-hybridized carbons (Fsp3) is 0.211. The molecular weight excluding hydrogens is 336 g/mol. The van der Waals surface area contributed by atoms with Gasteiger partial charge in [-0.3, -0.25) is 4.79 Å². The lowest BCUT2D eigenvalue weighted by Crippen LogP contribution is -2.13. The second-order valence-electron chi connectivity index (χ2n) is 5.54. The number of hydrogen-bond acceptors (Lipinski definition) is 6. The fourth-order valence-electron chi connectivity index (χ4n) is 2.37. The van der Waals surface area contributed by atoms with E-state index in [9.17, 15) is 4.79 Å². The van der Waals surface area contributed by atoms with Gasteiger partial charge in [-0.25, -0.2) is 0 Å². The number of carbonyl (C=O) groups excluding carboxylic acids is 1. The van der Waals surface area contributed by atoms with Crippen molar-refractivity contribution >= 4 is 17.5 Å². The fourth-order valence-corrected chi connectivity index (χ4v) is 3.13. The Morgan fingerprint density at radius 2 is 1.84 bits per heavy atom. The van der Waals surface area contributed by atoms with Crippen LogP contribution < -0.4 is 4.74 Å². The Balaban J connectivity index is 1.71. The summed E-state index contributed by atoms with van der Waals surface area (Å²) in [5.41, 5.74) is 2.58. The molecule has 0 fully saturated rings. The van der Waals surface area contributed by atoms with Crippen LogP contribution in [0.5, 0.6) is 5.75 Å². The number of aromatic nitrogens is 2. The lowest BCUT2D eigenvalue weighted by atomic mass is 10.1. The van der Waals surface area contributed by atoms with E-state index in [1.54, 1.807) is 31.4 Å². The van der Waals surface area contributed by atoms with Crippen molar-refractivity contribution in [2.75, 3.05) is 7.11 Å². The largest absolute Gasteiger partial charge is 0.497 e. The first kappa shape index (κ1) is 17.2. The molecule has 5 nitrogen and oxygen atoms in total. The average Bonchev–Trinajstić information content (AvgIpc) is 3.09. The normalized spacial score (nSPS) is 12.0. The Morgan fingerprint density at radius 3 is 2.52 bits per heavy atom. The minimum atomic E-state index is -0.335. The number of aryl methyl sites for hydroxylation is 1. The molecule has 1 heterocycles. The van der Waals surface area contributed by atoms with Crippen molar-refractivity contribution in [3.05, 3.63) is 59.7 Å². The Hall–Kier alpha value is -2.60. The van der Waals surface area contributed by atoms with E-state index in [1.165, 1.54) is 11.8 Å². The number of benzene rings is 2. The second kappa shape index (κ2) is 7.53. The number of rotatable bonds is 6. The summed E-state index contributed by atoms with van der Waals surface area (Å²) in [6, 6.07) is 14.9. The maximum Gasteiger partial charge on any atom is 0.277 e. The van der Waals surface area contributed by atoms with Crippen molar-refractivity contribution in [2.45, 2.75) is 24.3 Å². The van der Waals surface area contributed by atoms with Gasteiger partial charge in [0.2, 0.25) is 5.89 Å². The minimum Gasteiger partial charge on any atom is -0.497 e. The second-order valence-corrected chi connectivity index (χ2v) is 6.83. The Bertz CT molecular complexity index is 874. The zero-order valence-electron chi connectivity index (χ0n) is 14.2. The molecule has 0 bridgehead atoms. The third kappa shape index (κ3) is 3.91. The molecule has 3 rings (SSSR count). The summed E-state index contributed by atoms with van der Waals surface area (Å²) in [7, 11) is 1.59. The van der Waals surface area contributed by atoms with Crippen molar-refractivity contribution in [3.63, 3.8) is 0 Å². The van der Waals surface area contributed by atoms with Gasteiger partial charge >= 0.3 is 0 Å². The molecule has 128 valence electrons. The Kier molecular flexibility index (Phi) is 5.19. The van der Waals surface area contributed by atoms with Crippen LogP contribution in [0.2, 0.25) is 0 Å². The number of thioether (sulfide) groups is 1. The van der Waals surface area contributed by atoms with Crippen LogP contribution in [0.4, 0.5) is 0 Å². The number of carbonyl (C=O) groups is 1. The predicted octanol–water partition coefficient (Wildman–Crippen LogP) is 4.42. The molecule has 0 saturated heterocycles. The van der Waals surface area contributed by atoms with Crippen LogP contribution in [-0.2, 0) is 0 Å². The standard InChI is InChI=1S/C19H18N2O3S/c1-12-6-4-5-7-16(12)18-20-21-19(24-18)25-13(2)17(22)14-8-10-15(23-3)11-9-14/h4-11,13H,1-3H3. The van der Waals surface area contributed by atoms with Gasteiger partial charge in [-0.05, 0) is 49.7 Å². The summed E-state index contributed by atoms with van der Waals surface area (Å²) >= 11 is 1.26. The van der Waals surface area contributed by atoms with Crippen molar-refractivity contribution in [1.29, 1.82) is 0 Å². The molecule has 0 radical (unpaired) electrons. The van der Waals surface area contributed by atoms with Crippen LogP contribution in [0.25, 0.3) is 11.5 Å². The SMILES string of the molecule is COc1ccc(C(=O)C(C)Sc2nnc(-c3ccccc3C)o2)cc1. The summed E-state index contributed by atoms with van der Waals surface area (Å²) in [4.78, 5) is 12.5. The molecule has 0 saturated carbocycles. The molecule has 0 aliphatic heterocycles.